The number of nitrogens with two attached hydrogens (primary N) is 1. The molecule has 0 bridgehead atoms. The summed E-state index contributed by atoms with van der Waals surface area (Å²) in [7, 11) is 1.98. The standard InChI is InChI=1S/C12H18ClN3/c1-8(2)7-16(3)11-6-9(13)4-5-10(11)12(14)15/h4-6,8H,7H2,1-3H3,(H3,14,15). The molecule has 0 spiro atoms. The van der Waals surface area contributed by atoms with Gasteiger partial charge < -0.3 is 10.6 Å². The summed E-state index contributed by atoms with van der Waals surface area (Å²) in [6.45, 7) is 5.20. The molecule has 0 aliphatic heterocycles. The molecule has 0 aliphatic rings. The number of halogens is 1. The lowest BCUT2D eigenvalue weighted by molar-refractivity contribution is 0.638. The number of rotatable bonds is 4. The van der Waals surface area contributed by atoms with Crippen molar-refractivity contribution in [2.24, 2.45) is 11.7 Å². The third-order valence-corrected chi connectivity index (χ3v) is 2.54. The maximum atomic E-state index is 7.53. The molecule has 0 unspecified atom stereocenters. The van der Waals surface area contributed by atoms with E-state index in [4.69, 9.17) is 22.7 Å². The summed E-state index contributed by atoms with van der Waals surface area (Å²) >= 11 is 5.96. The number of nitrogen functional groups attached to an aromatic ring is 1. The Balaban J connectivity index is 3.09. The summed E-state index contributed by atoms with van der Waals surface area (Å²) < 4.78 is 0. The first-order chi connectivity index (χ1) is 7.41. The van der Waals surface area contributed by atoms with Crippen LogP contribution in [0.15, 0.2) is 18.2 Å². The minimum Gasteiger partial charge on any atom is -0.384 e. The topological polar surface area (TPSA) is 53.1 Å². The molecule has 3 N–H and O–H groups in total. The third kappa shape index (κ3) is 3.14. The van der Waals surface area contributed by atoms with Gasteiger partial charge in [-0.1, -0.05) is 25.4 Å². The number of benzene rings is 1. The van der Waals surface area contributed by atoms with E-state index in [0.29, 0.717) is 10.9 Å². The fraction of sp³-hybridized carbons (Fsp3) is 0.417. The summed E-state index contributed by atoms with van der Waals surface area (Å²) in [5.41, 5.74) is 7.19. The molecule has 0 aromatic heterocycles. The molecule has 0 heterocycles. The lowest BCUT2D eigenvalue weighted by atomic mass is 10.1. The molecule has 0 fully saturated rings. The van der Waals surface area contributed by atoms with Gasteiger partial charge in [0.1, 0.15) is 5.84 Å². The molecule has 3 nitrogen and oxygen atoms in total. The Kier molecular flexibility index (Phi) is 4.19. The van der Waals surface area contributed by atoms with E-state index in [1.807, 2.05) is 13.1 Å². The Hall–Kier alpha value is -1.22. The van der Waals surface area contributed by atoms with E-state index < -0.39 is 0 Å². The molecule has 1 rings (SSSR count). The normalized spacial score (nSPS) is 10.6. The van der Waals surface area contributed by atoms with Gasteiger partial charge in [-0.2, -0.15) is 0 Å². The molecule has 4 heteroatoms. The first kappa shape index (κ1) is 12.8. The second-order valence-corrected chi connectivity index (χ2v) is 4.79. The molecule has 1 aromatic rings. The van der Waals surface area contributed by atoms with E-state index in [-0.39, 0.29) is 5.84 Å². The predicted octanol–water partition coefficient (Wildman–Crippen LogP) is 2.72. The molecule has 0 amide bonds. The highest BCUT2D eigenvalue weighted by Gasteiger charge is 2.11. The molecule has 16 heavy (non-hydrogen) atoms. The minimum atomic E-state index is 0.0715. The fourth-order valence-corrected chi connectivity index (χ4v) is 1.86. The number of hydrogen-bond donors (Lipinski definition) is 2. The largest absolute Gasteiger partial charge is 0.384 e. The van der Waals surface area contributed by atoms with E-state index in [1.165, 1.54) is 0 Å². The van der Waals surface area contributed by atoms with Crippen LogP contribution in [0.4, 0.5) is 5.69 Å². The van der Waals surface area contributed by atoms with Gasteiger partial charge in [-0.05, 0) is 24.1 Å². The van der Waals surface area contributed by atoms with E-state index in [0.717, 1.165) is 17.8 Å². The first-order valence-corrected chi connectivity index (χ1v) is 5.64. The Morgan fingerprint density at radius 1 is 1.50 bits per heavy atom. The predicted molar refractivity (Wildman–Crippen MR) is 70.6 cm³/mol. The van der Waals surface area contributed by atoms with E-state index >= 15 is 0 Å². The summed E-state index contributed by atoms with van der Waals surface area (Å²) in [6.07, 6.45) is 0. The van der Waals surface area contributed by atoms with E-state index in [1.54, 1.807) is 12.1 Å². The zero-order valence-corrected chi connectivity index (χ0v) is 10.7. The summed E-state index contributed by atoms with van der Waals surface area (Å²) in [5, 5.41) is 8.19. The van der Waals surface area contributed by atoms with Crippen molar-refractivity contribution in [3.63, 3.8) is 0 Å². The maximum Gasteiger partial charge on any atom is 0.124 e. The van der Waals surface area contributed by atoms with Crippen LogP contribution < -0.4 is 10.6 Å². The van der Waals surface area contributed by atoms with Gasteiger partial charge in [0.05, 0.1) is 0 Å². The van der Waals surface area contributed by atoms with Crippen LogP contribution in [0.3, 0.4) is 0 Å². The van der Waals surface area contributed by atoms with Gasteiger partial charge in [-0.15, -0.1) is 0 Å². The maximum absolute atomic E-state index is 7.53. The van der Waals surface area contributed by atoms with Crippen LogP contribution in [0.1, 0.15) is 19.4 Å². The van der Waals surface area contributed by atoms with Gasteiger partial charge in [0.2, 0.25) is 0 Å². The second-order valence-electron chi connectivity index (χ2n) is 4.35. The van der Waals surface area contributed by atoms with Crippen molar-refractivity contribution in [2.75, 3.05) is 18.5 Å². The van der Waals surface area contributed by atoms with Crippen molar-refractivity contribution in [1.82, 2.24) is 0 Å². The Labute approximate surface area is 102 Å². The highest BCUT2D eigenvalue weighted by atomic mass is 35.5. The van der Waals surface area contributed by atoms with Crippen molar-refractivity contribution in [3.05, 3.63) is 28.8 Å². The molecular formula is C12H18ClN3. The lowest BCUT2D eigenvalue weighted by Crippen LogP contribution is -2.26. The number of amidine groups is 1. The zero-order valence-electron chi connectivity index (χ0n) is 9.92. The minimum absolute atomic E-state index is 0.0715. The van der Waals surface area contributed by atoms with E-state index in [9.17, 15) is 0 Å². The highest BCUT2D eigenvalue weighted by Crippen LogP contribution is 2.24. The highest BCUT2D eigenvalue weighted by molar-refractivity contribution is 6.31. The van der Waals surface area contributed by atoms with Crippen LogP contribution in [-0.4, -0.2) is 19.4 Å². The molecule has 1 aromatic carbocycles. The molecule has 88 valence electrons. The van der Waals surface area contributed by atoms with Crippen LogP contribution in [0, 0.1) is 11.3 Å². The lowest BCUT2D eigenvalue weighted by Gasteiger charge is -2.24. The summed E-state index contributed by atoms with van der Waals surface area (Å²) in [6, 6.07) is 5.39. The fourth-order valence-electron chi connectivity index (χ4n) is 1.69. The monoisotopic (exact) mass is 239 g/mol. The van der Waals surface area contributed by atoms with Crippen LogP contribution in [0.25, 0.3) is 0 Å². The van der Waals surface area contributed by atoms with Crippen LogP contribution in [-0.2, 0) is 0 Å². The van der Waals surface area contributed by atoms with Crippen molar-refractivity contribution in [3.8, 4) is 0 Å². The summed E-state index contributed by atoms with van der Waals surface area (Å²) in [4.78, 5) is 2.08. The summed E-state index contributed by atoms with van der Waals surface area (Å²) in [5.74, 6) is 0.617. The molecular weight excluding hydrogens is 222 g/mol. The molecule has 0 saturated heterocycles. The first-order valence-electron chi connectivity index (χ1n) is 5.27. The number of anilines is 1. The number of nitrogens with one attached hydrogen (secondary N) is 1. The molecule has 0 radical (unpaired) electrons. The second kappa shape index (κ2) is 5.21. The van der Waals surface area contributed by atoms with Crippen molar-refractivity contribution < 1.29 is 0 Å². The zero-order chi connectivity index (χ0) is 12.3. The Morgan fingerprint density at radius 2 is 2.12 bits per heavy atom. The van der Waals surface area contributed by atoms with Crippen LogP contribution in [0.5, 0.6) is 0 Å². The smallest absolute Gasteiger partial charge is 0.124 e. The molecule has 0 saturated carbocycles. The third-order valence-electron chi connectivity index (χ3n) is 2.30. The van der Waals surface area contributed by atoms with Crippen molar-refractivity contribution >= 4 is 23.1 Å². The molecule has 0 atom stereocenters. The van der Waals surface area contributed by atoms with E-state index in [2.05, 4.69) is 18.7 Å². The average Bonchev–Trinajstić information content (AvgIpc) is 2.15. The van der Waals surface area contributed by atoms with Gasteiger partial charge in [0.15, 0.2) is 0 Å². The Morgan fingerprint density at radius 3 is 2.62 bits per heavy atom. The van der Waals surface area contributed by atoms with Gasteiger partial charge in [0.25, 0.3) is 0 Å². The Bertz CT molecular complexity index is 388. The number of hydrogen-bond acceptors (Lipinski definition) is 2. The quantitative estimate of drug-likeness (QED) is 0.627. The number of nitrogens with zero attached hydrogens (tertiary/aromatic N) is 1. The van der Waals surface area contributed by atoms with Crippen LogP contribution >= 0.6 is 11.6 Å². The van der Waals surface area contributed by atoms with Crippen molar-refractivity contribution in [1.29, 1.82) is 5.41 Å². The van der Waals surface area contributed by atoms with Gasteiger partial charge in [-0.3, -0.25) is 5.41 Å². The van der Waals surface area contributed by atoms with Gasteiger partial charge in [0, 0.05) is 29.9 Å². The molecule has 0 aliphatic carbocycles. The van der Waals surface area contributed by atoms with Gasteiger partial charge >= 0.3 is 0 Å². The van der Waals surface area contributed by atoms with Crippen molar-refractivity contribution in [2.45, 2.75) is 13.8 Å². The van der Waals surface area contributed by atoms with Gasteiger partial charge in [-0.25, -0.2) is 0 Å². The SMILES string of the molecule is CC(C)CN(C)c1cc(Cl)ccc1C(=N)N. The van der Waals surface area contributed by atoms with Crippen LogP contribution in [0.2, 0.25) is 5.02 Å². The average molecular weight is 240 g/mol.